The summed E-state index contributed by atoms with van der Waals surface area (Å²) in [6.45, 7) is 4.13. The second-order valence-corrected chi connectivity index (χ2v) is 3.63. The normalized spacial score (nSPS) is 11.1. The summed E-state index contributed by atoms with van der Waals surface area (Å²) in [5.74, 6) is 0.270. The van der Waals surface area contributed by atoms with Gasteiger partial charge in [-0.2, -0.15) is 0 Å². The van der Waals surface area contributed by atoms with Crippen LogP contribution in [0.1, 0.15) is 39.5 Å². The summed E-state index contributed by atoms with van der Waals surface area (Å²) >= 11 is 0. The van der Waals surface area contributed by atoms with Gasteiger partial charge in [0.15, 0.2) is 5.96 Å². The van der Waals surface area contributed by atoms with Crippen molar-refractivity contribution in [1.29, 1.82) is 0 Å². The van der Waals surface area contributed by atoms with Crippen LogP contribution in [0.25, 0.3) is 0 Å². The third-order valence-electron chi connectivity index (χ3n) is 1.97. The molecule has 0 bridgehead atoms. The maximum Gasteiger partial charge on any atom is 0.413 e. The standard InChI is InChI=1S/C11H21N3O3/c1-3-17-11(16)14-10(12)13-8-6-4-5-7-9(2)15/h3-8H2,1-2H3,(H3,12,13,14,16). The van der Waals surface area contributed by atoms with Crippen molar-refractivity contribution in [3.8, 4) is 0 Å². The molecule has 0 aliphatic rings. The number of ketones is 1. The van der Waals surface area contributed by atoms with Crippen molar-refractivity contribution < 1.29 is 14.3 Å². The van der Waals surface area contributed by atoms with Crippen molar-refractivity contribution >= 4 is 17.8 Å². The largest absolute Gasteiger partial charge is 0.450 e. The monoisotopic (exact) mass is 243 g/mol. The number of alkyl carbamates (subject to hydrolysis) is 1. The molecule has 0 aliphatic carbocycles. The van der Waals surface area contributed by atoms with Gasteiger partial charge in [-0.15, -0.1) is 0 Å². The maximum absolute atomic E-state index is 10.9. The second-order valence-electron chi connectivity index (χ2n) is 3.63. The number of nitrogens with two attached hydrogens (primary N) is 1. The Labute approximate surface area is 102 Å². The van der Waals surface area contributed by atoms with Gasteiger partial charge in [0.25, 0.3) is 0 Å². The summed E-state index contributed by atoms with van der Waals surface area (Å²) in [6.07, 6.45) is 2.66. The predicted octanol–water partition coefficient (Wildman–Crippen LogP) is 1.20. The van der Waals surface area contributed by atoms with Gasteiger partial charge in [0.2, 0.25) is 0 Å². The molecule has 0 saturated carbocycles. The van der Waals surface area contributed by atoms with Crippen molar-refractivity contribution in [3.05, 3.63) is 0 Å². The molecule has 17 heavy (non-hydrogen) atoms. The minimum absolute atomic E-state index is 0.0648. The highest BCUT2D eigenvalue weighted by atomic mass is 16.5. The Morgan fingerprint density at radius 3 is 2.59 bits per heavy atom. The third kappa shape index (κ3) is 10.7. The molecule has 0 rings (SSSR count). The number of aliphatic imine (C=N–C) groups is 1. The van der Waals surface area contributed by atoms with Crippen LogP contribution in [0.2, 0.25) is 0 Å². The molecule has 1 amide bonds. The molecule has 6 heteroatoms. The fraction of sp³-hybridized carbons (Fsp3) is 0.727. The average Bonchev–Trinajstić information content (AvgIpc) is 2.23. The molecule has 0 aliphatic heterocycles. The summed E-state index contributed by atoms with van der Waals surface area (Å²) in [7, 11) is 0. The first-order valence-electron chi connectivity index (χ1n) is 5.79. The topological polar surface area (TPSA) is 93.8 Å². The highest BCUT2D eigenvalue weighted by Crippen LogP contribution is 2.00. The van der Waals surface area contributed by atoms with Crippen LogP contribution in [0.4, 0.5) is 4.79 Å². The van der Waals surface area contributed by atoms with E-state index in [4.69, 9.17) is 5.73 Å². The van der Waals surface area contributed by atoms with Gasteiger partial charge in [-0.3, -0.25) is 10.3 Å². The molecule has 98 valence electrons. The summed E-state index contributed by atoms with van der Waals surface area (Å²) in [6, 6.07) is 0. The number of nitrogens with zero attached hydrogens (tertiary/aromatic N) is 1. The molecule has 3 N–H and O–H groups in total. The minimum atomic E-state index is -0.592. The molecule has 0 aromatic heterocycles. The lowest BCUT2D eigenvalue weighted by Gasteiger charge is -2.03. The number of nitrogens with one attached hydrogen (secondary N) is 1. The van der Waals surface area contributed by atoms with Crippen LogP contribution >= 0.6 is 0 Å². The van der Waals surface area contributed by atoms with Crippen LogP contribution in [-0.4, -0.2) is 31.0 Å². The Hall–Kier alpha value is -1.59. The smallest absolute Gasteiger partial charge is 0.413 e. The van der Waals surface area contributed by atoms with Crippen LogP contribution in [0.3, 0.4) is 0 Å². The molecule has 0 saturated heterocycles. The van der Waals surface area contributed by atoms with Crippen molar-refractivity contribution in [1.82, 2.24) is 5.32 Å². The molecule has 0 atom stereocenters. The number of guanidine groups is 1. The zero-order chi connectivity index (χ0) is 13.1. The molecular weight excluding hydrogens is 222 g/mol. The first-order chi connectivity index (χ1) is 8.06. The van der Waals surface area contributed by atoms with Crippen LogP contribution in [0, 0.1) is 0 Å². The Bertz CT molecular complexity index is 277. The summed E-state index contributed by atoms with van der Waals surface area (Å²) < 4.78 is 4.64. The fourth-order valence-corrected chi connectivity index (χ4v) is 1.17. The number of unbranched alkanes of at least 4 members (excludes halogenated alkanes) is 2. The number of ether oxygens (including phenoxy) is 1. The maximum atomic E-state index is 10.9. The van der Waals surface area contributed by atoms with Gasteiger partial charge < -0.3 is 15.3 Å². The van der Waals surface area contributed by atoms with E-state index < -0.39 is 6.09 Å². The Morgan fingerprint density at radius 1 is 1.29 bits per heavy atom. The number of rotatable bonds is 7. The Morgan fingerprint density at radius 2 is 2.00 bits per heavy atom. The zero-order valence-corrected chi connectivity index (χ0v) is 10.5. The molecular formula is C11H21N3O3. The number of Topliss-reactive ketones (excluding diaryl/α,β-unsaturated/α-hetero) is 1. The third-order valence-corrected chi connectivity index (χ3v) is 1.97. The second kappa shape index (κ2) is 9.62. The van der Waals surface area contributed by atoms with Gasteiger partial charge in [-0.05, 0) is 26.7 Å². The van der Waals surface area contributed by atoms with E-state index in [-0.39, 0.29) is 11.7 Å². The first-order valence-corrected chi connectivity index (χ1v) is 5.79. The van der Waals surface area contributed by atoms with E-state index in [0.29, 0.717) is 19.6 Å². The van der Waals surface area contributed by atoms with Crippen molar-refractivity contribution in [2.75, 3.05) is 13.2 Å². The number of amides is 1. The summed E-state index contributed by atoms with van der Waals surface area (Å²) in [4.78, 5) is 25.6. The summed E-state index contributed by atoms with van der Waals surface area (Å²) in [5.41, 5.74) is 5.45. The van der Waals surface area contributed by atoms with E-state index in [1.807, 2.05) is 0 Å². The van der Waals surface area contributed by atoms with Gasteiger partial charge in [0, 0.05) is 13.0 Å². The fourth-order valence-electron chi connectivity index (χ4n) is 1.17. The molecule has 0 heterocycles. The quantitative estimate of drug-likeness (QED) is 0.399. The van der Waals surface area contributed by atoms with Gasteiger partial charge in [-0.1, -0.05) is 6.42 Å². The van der Waals surface area contributed by atoms with E-state index in [1.165, 1.54) is 0 Å². The lowest BCUT2D eigenvalue weighted by Crippen LogP contribution is -2.37. The van der Waals surface area contributed by atoms with Crippen LogP contribution in [0.15, 0.2) is 4.99 Å². The molecule has 0 fully saturated rings. The minimum Gasteiger partial charge on any atom is -0.450 e. The van der Waals surface area contributed by atoms with Crippen molar-refractivity contribution in [3.63, 3.8) is 0 Å². The number of carbonyl (C=O) groups excluding carboxylic acids is 2. The predicted molar refractivity (Wildman–Crippen MR) is 65.8 cm³/mol. The van der Waals surface area contributed by atoms with Gasteiger partial charge in [0.05, 0.1) is 6.61 Å². The zero-order valence-electron chi connectivity index (χ0n) is 10.5. The molecule has 0 spiro atoms. The van der Waals surface area contributed by atoms with E-state index >= 15 is 0 Å². The molecule has 0 unspecified atom stereocenters. The van der Waals surface area contributed by atoms with Crippen molar-refractivity contribution in [2.24, 2.45) is 10.7 Å². The lowest BCUT2D eigenvalue weighted by molar-refractivity contribution is -0.117. The highest BCUT2D eigenvalue weighted by molar-refractivity contribution is 5.92. The van der Waals surface area contributed by atoms with E-state index in [1.54, 1.807) is 13.8 Å². The summed E-state index contributed by atoms with van der Waals surface area (Å²) in [5, 5.41) is 2.30. The number of carbonyl (C=O) groups is 2. The Kier molecular flexibility index (Phi) is 8.72. The SMILES string of the molecule is CCOC(=O)NC(N)=NCCCCCC(C)=O. The number of hydrogen-bond acceptors (Lipinski definition) is 4. The van der Waals surface area contributed by atoms with Gasteiger partial charge in [-0.25, -0.2) is 4.79 Å². The molecule has 0 aromatic carbocycles. The highest BCUT2D eigenvalue weighted by Gasteiger charge is 2.01. The first kappa shape index (κ1) is 15.4. The van der Waals surface area contributed by atoms with Crippen molar-refractivity contribution in [2.45, 2.75) is 39.5 Å². The molecule has 0 aromatic rings. The van der Waals surface area contributed by atoms with Crippen LogP contribution in [0.5, 0.6) is 0 Å². The Balaban J connectivity index is 3.56. The number of hydrogen-bond donors (Lipinski definition) is 2. The molecule has 6 nitrogen and oxygen atoms in total. The van der Waals surface area contributed by atoms with Crippen LogP contribution in [-0.2, 0) is 9.53 Å². The van der Waals surface area contributed by atoms with E-state index in [2.05, 4.69) is 15.0 Å². The lowest BCUT2D eigenvalue weighted by atomic mass is 10.1. The average molecular weight is 243 g/mol. The van der Waals surface area contributed by atoms with E-state index in [0.717, 1.165) is 19.3 Å². The van der Waals surface area contributed by atoms with Gasteiger partial charge in [0.1, 0.15) is 5.78 Å². The van der Waals surface area contributed by atoms with E-state index in [9.17, 15) is 9.59 Å². The van der Waals surface area contributed by atoms with Gasteiger partial charge >= 0.3 is 6.09 Å². The molecule has 0 radical (unpaired) electrons. The van der Waals surface area contributed by atoms with Crippen LogP contribution < -0.4 is 11.1 Å².